The number of hydrogen-bond acceptors (Lipinski definition) is 5. The molecule has 1 saturated heterocycles. The Labute approximate surface area is 77.3 Å². The molecular formula is C8H15NO4. The molecule has 4 unspecified atom stereocenters. The lowest BCUT2D eigenvalue weighted by atomic mass is 10.0. The molecule has 4 atom stereocenters. The summed E-state index contributed by atoms with van der Waals surface area (Å²) in [6, 6.07) is -0.434. The van der Waals surface area contributed by atoms with Gasteiger partial charge in [-0.15, -0.1) is 0 Å². The van der Waals surface area contributed by atoms with Gasteiger partial charge < -0.3 is 14.2 Å². The van der Waals surface area contributed by atoms with Crippen LogP contribution in [0.25, 0.3) is 0 Å². The van der Waals surface area contributed by atoms with Gasteiger partial charge in [-0.3, -0.25) is 0 Å². The van der Waals surface area contributed by atoms with Gasteiger partial charge in [-0.25, -0.2) is 0 Å². The molecule has 0 aromatic rings. The number of nitrogens with zero attached hydrogens (tertiary/aromatic N) is 1. The van der Waals surface area contributed by atoms with Crippen LogP contribution in [0.3, 0.4) is 0 Å². The fraction of sp³-hybridized carbons (Fsp3) is 1.00. The molecule has 76 valence electrons. The van der Waals surface area contributed by atoms with E-state index in [0.717, 1.165) is 0 Å². The van der Waals surface area contributed by atoms with Crippen LogP contribution in [0.5, 0.6) is 0 Å². The van der Waals surface area contributed by atoms with E-state index >= 15 is 0 Å². The standard InChI is InChI=1S/C8H15NO4/c1-5-8(9-10)6(11-2)4-7(12-3)13-5/h5-8H,4H2,1-3H3. The lowest BCUT2D eigenvalue weighted by molar-refractivity contribution is -0.209. The average Bonchev–Trinajstić information content (AvgIpc) is 2.16. The second-order valence-electron chi connectivity index (χ2n) is 3.11. The maximum absolute atomic E-state index is 10.5. The first-order valence-corrected chi connectivity index (χ1v) is 4.26. The van der Waals surface area contributed by atoms with Crippen molar-refractivity contribution in [2.75, 3.05) is 14.2 Å². The fourth-order valence-electron chi connectivity index (χ4n) is 1.55. The summed E-state index contributed by atoms with van der Waals surface area (Å²) in [5, 5.41) is 2.99. The average molecular weight is 189 g/mol. The molecule has 0 saturated carbocycles. The molecule has 1 rings (SSSR count). The number of hydrogen-bond donors (Lipinski definition) is 0. The summed E-state index contributed by atoms with van der Waals surface area (Å²) in [7, 11) is 3.13. The van der Waals surface area contributed by atoms with Crippen LogP contribution in [-0.2, 0) is 14.2 Å². The van der Waals surface area contributed by atoms with Crippen molar-refractivity contribution in [2.45, 2.75) is 37.9 Å². The molecule has 0 spiro atoms. The largest absolute Gasteiger partial charge is 0.379 e. The van der Waals surface area contributed by atoms with Gasteiger partial charge in [0.15, 0.2) is 6.29 Å². The number of methoxy groups -OCH3 is 2. The molecule has 0 N–H and O–H groups in total. The summed E-state index contributed by atoms with van der Waals surface area (Å²) < 4.78 is 15.6. The first kappa shape index (κ1) is 10.6. The van der Waals surface area contributed by atoms with Crippen LogP contribution in [-0.4, -0.2) is 38.8 Å². The maximum atomic E-state index is 10.5. The van der Waals surface area contributed by atoms with Crippen LogP contribution in [0.2, 0.25) is 0 Å². The molecule has 1 heterocycles. The van der Waals surface area contributed by atoms with Crippen LogP contribution >= 0.6 is 0 Å². The van der Waals surface area contributed by atoms with Crippen LogP contribution in [0, 0.1) is 4.91 Å². The van der Waals surface area contributed by atoms with Gasteiger partial charge in [0, 0.05) is 20.6 Å². The minimum atomic E-state index is -0.434. The van der Waals surface area contributed by atoms with Crippen molar-refractivity contribution in [1.82, 2.24) is 0 Å². The summed E-state index contributed by atoms with van der Waals surface area (Å²) in [6.45, 7) is 1.79. The highest BCUT2D eigenvalue weighted by Crippen LogP contribution is 2.24. The molecule has 0 amide bonds. The Morgan fingerprint density at radius 2 is 2.08 bits per heavy atom. The molecule has 5 heteroatoms. The highest BCUT2D eigenvalue weighted by Gasteiger charge is 2.37. The zero-order valence-electron chi connectivity index (χ0n) is 8.10. The van der Waals surface area contributed by atoms with Crippen LogP contribution < -0.4 is 0 Å². The predicted octanol–water partition coefficient (Wildman–Crippen LogP) is 0.918. The van der Waals surface area contributed by atoms with E-state index in [2.05, 4.69) is 5.18 Å². The molecule has 0 radical (unpaired) electrons. The van der Waals surface area contributed by atoms with E-state index in [1.165, 1.54) is 0 Å². The van der Waals surface area contributed by atoms with Crippen molar-refractivity contribution in [3.05, 3.63) is 4.91 Å². The SMILES string of the molecule is COC1CC(OC)C(N=O)C(C)O1. The second-order valence-corrected chi connectivity index (χ2v) is 3.11. The predicted molar refractivity (Wildman–Crippen MR) is 46.3 cm³/mol. The third-order valence-electron chi connectivity index (χ3n) is 2.34. The Bertz CT molecular complexity index is 176. The van der Waals surface area contributed by atoms with Gasteiger partial charge >= 0.3 is 0 Å². The van der Waals surface area contributed by atoms with Crippen LogP contribution in [0.4, 0.5) is 0 Å². The van der Waals surface area contributed by atoms with Crippen molar-refractivity contribution >= 4 is 0 Å². The van der Waals surface area contributed by atoms with E-state index in [1.54, 1.807) is 21.1 Å². The van der Waals surface area contributed by atoms with E-state index in [1.807, 2.05) is 0 Å². The fourth-order valence-corrected chi connectivity index (χ4v) is 1.55. The second kappa shape index (κ2) is 4.64. The molecule has 5 nitrogen and oxygen atoms in total. The Hall–Kier alpha value is -0.520. The van der Waals surface area contributed by atoms with E-state index < -0.39 is 6.04 Å². The quantitative estimate of drug-likeness (QED) is 0.619. The van der Waals surface area contributed by atoms with Crippen molar-refractivity contribution in [1.29, 1.82) is 0 Å². The van der Waals surface area contributed by atoms with Crippen LogP contribution in [0.1, 0.15) is 13.3 Å². The topological polar surface area (TPSA) is 57.1 Å². The normalized spacial score (nSPS) is 40.2. The van der Waals surface area contributed by atoms with Crippen molar-refractivity contribution in [3.63, 3.8) is 0 Å². The lowest BCUT2D eigenvalue weighted by Gasteiger charge is -2.35. The van der Waals surface area contributed by atoms with Gasteiger partial charge in [0.2, 0.25) is 0 Å². The van der Waals surface area contributed by atoms with E-state index in [9.17, 15) is 4.91 Å². The van der Waals surface area contributed by atoms with Crippen LogP contribution in [0.15, 0.2) is 5.18 Å². The molecule has 0 aliphatic carbocycles. The van der Waals surface area contributed by atoms with Gasteiger partial charge in [-0.05, 0) is 6.92 Å². The first-order valence-electron chi connectivity index (χ1n) is 4.26. The number of nitroso groups, excluding NO2 is 1. The Balaban J connectivity index is 2.62. The van der Waals surface area contributed by atoms with Crippen molar-refractivity contribution in [2.24, 2.45) is 5.18 Å². The Morgan fingerprint density at radius 3 is 2.54 bits per heavy atom. The third kappa shape index (κ3) is 2.24. The van der Waals surface area contributed by atoms with E-state index in [0.29, 0.717) is 6.42 Å². The molecule has 1 fully saturated rings. The maximum Gasteiger partial charge on any atom is 0.160 e. The van der Waals surface area contributed by atoms with E-state index in [-0.39, 0.29) is 18.5 Å². The zero-order chi connectivity index (χ0) is 9.84. The van der Waals surface area contributed by atoms with Gasteiger partial charge in [0.1, 0.15) is 6.04 Å². The highest BCUT2D eigenvalue weighted by molar-refractivity contribution is 4.87. The molecule has 13 heavy (non-hydrogen) atoms. The summed E-state index contributed by atoms with van der Waals surface area (Å²) in [5.41, 5.74) is 0. The Kier molecular flexibility index (Phi) is 3.77. The van der Waals surface area contributed by atoms with Gasteiger partial charge in [0.05, 0.1) is 12.2 Å². The molecule has 0 bridgehead atoms. The molecule has 1 aliphatic rings. The molecule has 0 aromatic carbocycles. The third-order valence-corrected chi connectivity index (χ3v) is 2.34. The van der Waals surface area contributed by atoms with Crippen molar-refractivity contribution < 1.29 is 14.2 Å². The number of ether oxygens (including phenoxy) is 3. The molecule has 0 aromatic heterocycles. The van der Waals surface area contributed by atoms with Crippen molar-refractivity contribution in [3.8, 4) is 0 Å². The first-order chi connectivity index (χ1) is 6.22. The number of rotatable bonds is 3. The summed E-state index contributed by atoms with van der Waals surface area (Å²) >= 11 is 0. The van der Waals surface area contributed by atoms with E-state index in [4.69, 9.17) is 14.2 Å². The lowest BCUT2D eigenvalue weighted by Crippen LogP contribution is -2.47. The summed E-state index contributed by atoms with van der Waals surface area (Å²) in [6.07, 6.45) is -0.196. The van der Waals surface area contributed by atoms with Gasteiger partial charge in [-0.2, -0.15) is 4.91 Å². The summed E-state index contributed by atoms with van der Waals surface area (Å²) in [5.74, 6) is 0. The molecule has 1 aliphatic heterocycles. The van der Waals surface area contributed by atoms with Gasteiger partial charge in [0.25, 0.3) is 0 Å². The smallest absolute Gasteiger partial charge is 0.160 e. The highest BCUT2D eigenvalue weighted by atomic mass is 16.7. The molecular weight excluding hydrogens is 174 g/mol. The zero-order valence-corrected chi connectivity index (χ0v) is 8.10. The Morgan fingerprint density at radius 1 is 1.38 bits per heavy atom. The minimum Gasteiger partial charge on any atom is -0.379 e. The summed E-state index contributed by atoms with van der Waals surface area (Å²) in [4.78, 5) is 10.5. The monoisotopic (exact) mass is 189 g/mol. The minimum absolute atomic E-state index is 0.203. The van der Waals surface area contributed by atoms with Gasteiger partial charge in [-0.1, -0.05) is 5.18 Å².